The second kappa shape index (κ2) is 17.9. The van der Waals surface area contributed by atoms with E-state index in [2.05, 4.69) is 11.8 Å². The predicted octanol–water partition coefficient (Wildman–Crippen LogP) is 2.17. The molecular formula is C31H44O9. The number of carbonyl (C=O) groups excluding carboxylic acids is 2. The number of ketones is 1. The molecule has 0 aromatic heterocycles. The molecular weight excluding hydrogens is 516 g/mol. The van der Waals surface area contributed by atoms with Crippen LogP contribution in [0, 0.1) is 11.3 Å². The van der Waals surface area contributed by atoms with Gasteiger partial charge in [-0.05, 0) is 55.7 Å². The second-order valence-corrected chi connectivity index (χ2v) is 10.5. The molecule has 2 rings (SSSR count). The van der Waals surface area contributed by atoms with Crippen LogP contribution in [0.15, 0.2) is 53.8 Å². The predicted molar refractivity (Wildman–Crippen MR) is 149 cm³/mol. The molecule has 0 unspecified atom stereocenters. The van der Waals surface area contributed by atoms with Gasteiger partial charge in [-0.1, -0.05) is 36.4 Å². The summed E-state index contributed by atoms with van der Waals surface area (Å²) < 4.78 is 10.2. The number of ether oxygens (including phenoxy) is 2. The number of esters is 1. The Morgan fingerprint density at radius 1 is 1.15 bits per heavy atom. The van der Waals surface area contributed by atoms with E-state index in [0.29, 0.717) is 37.9 Å². The number of unbranched alkanes of at least 4 members (excludes halogenated alkanes) is 1. The van der Waals surface area contributed by atoms with Crippen molar-refractivity contribution in [3.05, 3.63) is 64.9 Å². The van der Waals surface area contributed by atoms with Crippen molar-refractivity contribution in [2.45, 2.75) is 70.2 Å². The Morgan fingerprint density at radius 3 is 2.58 bits per heavy atom. The minimum absolute atomic E-state index is 0.0332. The summed E-state index contributed by atoms with van der Waals surface area (Å²) in [5.41, 5.74) is 4.52. The lowest BCUT2D eigenvalue weighted by molar-refractivity contribution is -0.151. The molecule has 5 N–H and O–H groups in total. The molecule has 1 aromatic rings. The van der Waals surface area contributed by atoms with Gasteiger partial charge in [0.15, 0.2) is 0 Å². The lowest BCUT2D eigenvalue weighted by atomic mass is 9.93. The molecule has 1 aliphatic rings. The zero-order valence-corrected chi connectivity index (χ0v) is 23.3. The highest BCUT2D eigenvalue weighted by Gasteiger charge is 2.35. The van der Waals surface area contributed by atoms with E-state index >= 15 is 0 Å². The van der Waals surface area contributed by atoms with Gasteiger partial charge in [0, 0.05) is 25.5 Å². The fourth-order valence-corrected chi connectivity index (χ4v) is 4.44. The molecule has 0 aliphatic heterocycles. The van der Waals surface area contributed by atoms with Crippen LogP contribution in [0.2, 0.25) is 0 Å². The van der Waals surface area contributed by atoms with Gasteiger partial charge in [0.25, 0.3) is 0 Å². The molecule has 0 saturated heterocycles. The number of allylic oxidation sites excluding steroid dienone is 2. The van der Waals surface area contributed by atoms with Crippen molar-refractivity contribution in [3.8, 4) is 0 Å². The Kier molecular flexibility index (Phi) is 15.1. The lowest BCUT2D eigenvalue weighted by Crippen LogP contribution is -2.39. The van der Waals surface area contributed by atoms with E-state index in [1.54, 1.807) is 7.11 Å². The van der Waals surface area contributed by atoms with E-state index in [4.69, 9.17) is 9.47 Å². The number of rotatable bonds is 18. The second-order valence-electron chi connectivity index (χ2n) is 10.5. The summed E-state index contributed by atoms with van der Waals surface area (Å²) in [6.07, 6.45) is 7.37. The third kappa shape index (κ3) is 11.1. The van der Waals surface area contributed by atoms with Gasteiger partial charge in [0.05, 0.1) is 50.0 Å². The first kappa shape index (κ1) is 33.6. The van der Waals surface area contributed by atoms with Crippen molar-refractivity contribution in [3.63, 3.8) is 0 Å². The summed E-state index contributed by atoms with van der Waals surface area (Å²) in [6, 6.07) is 8.15. The van der Waals surface area contributed by atoms with E-state index in [1.807, 2.05) is 30.4 Å². The Hall–Kier alpha value is -2.62. The molecule has 40 heavy (non-hydrogen) atoms. The third-order valence-corrected chi connectivity index (χ3v) is 7.06. The van der Waals surface area contributed by atoms with Gasteiger partial charge < -0.3 is 35.0 Å². The largest absolute Gasteiger partial charge is 0.465 e. The van der Waals surface area contributed by atoms with E-state index in [0.717, 1.165) is 18.4 Å². The number of aliphatic hydroxyl groups excluding tert-OH is 5. The van der Waals surface area contributed by atoms with Crippen molar-refractivity contribution < 1.29 is 44.6 Å². The summed E-state index contributed by atoms with van der Waals surface area (Å²) in [5.74, 6) is -1.05. The highest BCUT2D eigenvalue weighted by molar-refractivity contribution is 5.88. The quantitative estimate of drug-likeness (QED) is 0.0787. The maximum absolute atomic E-state index is 12.4. The van der Waals surface area contributed by atoms with Crippen molar-refractivity contribution in [2.75, 3.05) is 33.5 Å². The minimum Gasteiger partial charge on any atom is -0.465 e. The summed E-state index contributed by atoms with van der Waals surface area (Å²) in [4.78, 5) is 24.3. The third-order valence-electron chi connectivity index (χ3n) is 7.06. The molecule has 0 heterocycles. The first-order valence-electron chi connectivity index (χ1n) is 13.8. The zero-order chi connectivity index (χ0) is 29.4. The smallest absolute Gasteiger partial charge is 0.305 e. The van der Waals surface area contributed by atoms with E-state index in [1.165, 1.54) is 11.6 Å². The minimum atomic E-state index is -1.25. The lowest BCUT2D eigenvalue weighted by Gasteiger charge is -2.26. The van der Waals surface area contributed by atoms with Crippen molar-refractivity contribution >= 4 is 11.8 Å². The number of benzene rings is 1. The van der Waals surface area contributed by atoms with Crippen LogP contribution in [0.1, 0.15) is 56.1 Å². The number of methoxy groups -OCH3 is 1. The SMILES string of the molecule is COCc1cccc(CCC[C@H](O)C=C=C2[C@@H](C/C=C\CCCC(=O)OCC(CO)(CO)CO)C(=O)C[C@H]2O)c1. The van der Waals surface area contributed by atoms with E-state index in [9.17, 15) is 35.1 Å². The van der Waals surface area contributed by atoms with Crippen molar-refractivity contribution in [2.24, 2.45) is 11.3 Å². The molecule has 0 bridgehead atoms. The molecule has 9 heteroatoms. The van der Waals surface area contributed by atoms with Gasteiger partial charge in [-0.25, -0.2) is 0 Å². The number of carbonyl (C=O) groups is 2. The highest BCUT2D eigenvalue weighted by Crippen LogP contribution is 2.31. The molecule has 1 aromatic carbocycles. The topological polar surface area (TPSA) is 154 Å². The Labute approximate surface area is 236 Å². The molecule has 9 nitrogen and oxygen atoms in total. The first-order valence-corrected chi connectivity index (χ1v) is 13.8. The van der Waals surface area contributed by atoms with Crippen LogP contribution in [0.5, 0.6) is 0 Å². The molecule has 1 fully saturated rings. The van der Waals surface area contributed by atoms with Gasteiger partial charge in [-0.3, -0.25) is 9.59 Å². The van der Waals surface area contributed by atoms with Crippen LogP contribution >= 0.6 is 0 Å². The van der Waals surface area contributed by atoms with Crippen LogP contribution in [0.4, 0.5) is 0 Å². The average Bonchev–Trinajstić information content (AvgIpc) is 3.22. The molecule has 1 aliphatic carbocycles. The Balaban J connectivity index is 1.79. The monoisotopic (exact) mass is 560 g/mol. The normalized spacial score (nSPS) is 18.2. The van der Waals surface area contributed by atoms with E-state index < -0.39 is 49.3 Å². The fraction of sp³-hybridized carbons (Fsp3) is 0.581. The summed E-state index contributed by atoms with van der Waals surface area (Å²) in [7, 11) is 1.66. The van der Waals surface area contributed by atoms with Crippen molar-refractivity contribution in [1.82, 2.24) is 0 Å². The van der Waals surface area contributed by atoms with E-state index in [-0.39, 0.29) is 25.2 Å². The highest BCUT2D eigenvalue weighted by atomic mass is 16.5. The van der Waals surface area contributed by atoms with Crippen LogP contribution in [0.3, 0.4) is 0 Å². The molecule has 0 radical (unpaired) electrons. The average molecular weight is 561 g/mol. The van der Waals surface area contributed by atoms with Crippen LogP contribution < -0.4 is 0 Å². The van der Waals surface area contributed by atoms with Gasteiger partial charge in [0.1, 0.15) is 12.4 Å². The van der Waals surface area contributed by atoms with Gasteiger partial charge in [0.2, 0.25) is 0 Å². The van der Waals surface area contributed by atoms with Gasteiger partial charge >= 0.3 is 5.97 Å². The number of hydrogen-bond donors (Lipinski definition) is 5. The Bertz CT molecular complexity index is 1010. The standard InChI is InChI=1S/C31H44O9/c1-39-18-24-10-6-8-23(16-24)9-7-11-25(35)14-15-27-26(28(36)17-29(27)37)12-4-2-3-5-13-30(38)40-22-31(19-32,20-33)21-34/h2,4,6,8,10,14,16,25-26,29,32-35,37H,3,5,7,9,11-13,17-22H2,1H3/b4-2-/t15?,25-,26+,29+/m0/s1. The molecule has 222 valence electrons. The van der Waals surface area contributed by atoms with Crippen LogP contribution in [0.25, 0.3) is 0 Å². The number of aryl methyl sites for hydroxylation is 1. The summed E-state index contributed by atoms with van der Waals surface area (Å²) in [5, 5.41) is 48.6. The molecule has 0 amide bonds. The molecule has 3 atom stereocenters. The number of Topliss-reactive ketones (excluding diaryl/α,β-unsaturated/α-hetero) is 1. The molecule has 1 saturated carbocycles. The van der Waals surface area contributed by atoms with Gasteiger partial charge in [-0.2, -0.15) is 0 Å². The molecule has 0 spiro atoms. The van der Waals surface area contributed by atoms with Crippen LogP contribution in [-0.4, -0.2) is 83.0 Å². The number of aliphatic hydroxyl groups is 5. The van der Waals surface area contributed by atoms with Gasteiger partial charge in [-0.15, -0.1) is 5.73 Å². The fourth-order valence-electron chi connectivity index (χ4n) is 4.44. The summed E-state index contributed by atoms with van der Waals surface area (Å²) in [6.45, 7) is -1.21. The maximum Gasteiger partial charge on any atom is 0.305 e. The Morgan fingerprint density at radius 2 is 1.88 bits per heavy atom. The maximum atomic E-state index is 12.4. The van der Waals surface area contributed by atoms with Crippen molar-refractivity contribution in [1.29, 1.82) is 0 Å². The number of hydrogen-bond acceptors (Lipinski definition) is 9. The summed E-state index contributed by atoms with van der Waals surface area (Å²) >= 11 is 0. The zero-order valence-electron chi connectivity index (χ0n) is 23.3. The van der Waals surface area contributed by atoms with Crippen LogP contribution in [-0.2, 0) is 32.1 Å². The first-order chi connectivity index (χ1) is 19.3.